The molecule has 0 aliphatic carbocycles. The fourth-order valence-corrected chi connectivity index (χ4v) is 4.90. The minimum absolute atomic E-state index is 0.150. The van der Waals surface area contributed by atoms with Crippen molar-refractivity contribution in [3.63, 3.8) is 0 Å². The van der Waals surface area contributed by atoms with Crippen molar-refractivity contribution in [3.05, 3.63) is 29.8 Å². The highest BCUT2D eigenvalue weighted by Gasteiger charge is 2.25. The van der Waals surface area contributed by atoms with E-state index in [1.54, 1.807) is 0 Å². The predicted molar refractivity (Wildman–Crippen MR) is 108 cm³/mol. The molecule has 6 nitrogen and oxygen atoms in total. The molecule has 3 rings (SSSR count). The molecule has 0 bridgehead atoms. The third kappa shape index (κ3) is 4.96. The average molecular weight is 392 g/mol. The maximum absolute atomic E-state index is 12.7. The molecule has 1 aliphatic rings. The molecule has 1 fully saturated rings. The molecule has 1 N–H and O–H groups in total. The summed E-state index contributed by atoms with van der Waals surface area (Å²) in [4.78, 5) is 17.0. The minimum atomic E-state index is -0.150. The van der Waals surface area contributed by atoms with Crippen LogP contribution in [-0.2, 0) is 4.79 Å². The number of hydrogen-bond donors (Lipinski definition) is 1. The molecule has 1 atom stereocenters. The van der Waals surface area contributed by atoms with Gasteiger partial charge >= 0.3 is 0 Å². The van der Waals surface area contributed by atoms with Crippen LogP contribution in [0.3, 0.4) is 0 Å². The standard InChI is InChI=1S/C18H25N5OS2/c1-4-22-8-10-23(11-9-22)16(24)14(3)25-18-21-20-17(26-18)19-15-7-5-6-13(2)12-15/h5-7,12,14H,4,8-11H2,1-3H3,(H,19,20)/t14-/m1/s1. The van der Waals surface area contributed by atoms with E-state index in [1.165, 1.54) is 28.7 Å². The molecule has 1 saturated heterocycles. The zero-order valence-electron chi connectivity index (χ0n) is 15.4. The summed E-state index contributed by atoms with van der Waals surface area (Å²) >= 11 is 2.97. The summed E-state index contributed by atoms with van der Waals surface area (Å²) < 4.78 is 0.813. The van der Waals surface area contributed by atoms with Gasteiger partial charge in [-0.1, -0.05) is 42.2 Å². The average Bonchev–Trinajstić information content (AvgIpc) is 3.08. The molecule has 2 heterocycles. The van der Waals surface area contributed by atoms with Crippen molar-refractivity contribution in [2.45, 2.75) is 30.4 Å². The van der Waals surface area contributed by atoms with Crippen LogP contribution in [0.4, 0.5) is 10.8 Å². The second-order valence-corrected chi connectivity index (χ2v) is 8.95. The smallest absolute Gasteiger partial charge is 0.235 e. The molecule has 0 unspecified atom stereocenters. The molecule has 26 heavy (non-hydrogen) atoms. The maximum atomic E-state index is 12.7. The van der Waals surface area contributed by atoms with Gasteiger partial charge in [0.05, 0.1) is 5.25 Å². The van der Waals surface area contributed by atoms with E-state index in [-0.39, 0.29) is 11.2 Å². The van der Waals surface area contributed by atoms with Gasteiger partial charge in [-0.2, -0.15) is 0 Å². The van der Waals surface area contributed by atoms with Crippen molar-refractivity contribution in [2.24, 2.45) is 0 Å². The molecule has 140 valence electrons. The van der Waals surface area contributed by atoms with Gasteiger partial charge < -0.3 is 15.1 Å². The van der Waals surface area contributed by atoms with E-state index in [2.05, 4.69) is 46.4 Å². The molecule has 2 aromatic rings. The van der Waals surface area contributed by atoms with Gasteiger partial charge in [-0.05, 0) is 38.1 Å². The number of hydrogen-bond acceptors (Lipinski definition) is 7. The highest BCUT2D eigenvalue weighted by Crippen LogP contribution is 2.31. The van der Waals surface area contributed by atoms with Crippen molar-refractivity contribution in [3.8, 4) is 0 Å². The molecule has 8 heteroatoms. The number of aryl methyl sites for hydroxylation is 1. The Hall–Kier alpha value is -1.64. The summed E-state index contributed by atoms with van der Waals surface area (Å²) in [6.07, 6.45) is 0. The number of carbonyl (C=O) groups is 1. The SMILES string of the molecule is CCN1CCN(C(=O)[C@@H](C)Sc2nnc(Nc3cccc(C)c3)s2)CC1. The zero-order chi connectivity index (χ0) is 18.5. The number of aromatic nitrogens is 2. The van der Waals surface area contributed by atoms with E-state index < -0.39 is 0 Å². The van der Waals surface area contributed by atoms with Gasteiger partial charge in [0.2, 0.25) is 11.0 Å². The number of thioether (sulfide) groups is 1. The summed E-state index contributed by atoms with van der Waals surface area (Å²) in [5.41, 5.74) is 2.19. The lowest BCUT2D eigenvalue weighted by molar-refractivity contribution is -0.132. The third-order valence-corrected chi connectivity index (χ3v) is 6.44. The van der Waals surface area contributed by atoms with Crippen LogP contribution < -0.4 is 5.32 Å². The molecule has 0 saturated carbocycles. The van der Waals surface area contributed by atoms with Crippen LogP contribution in [-0.4, -0.2) is 63.9 Å². The first kappa shape index (κ1) is 19.1. The van der Waals surface area contributed by atoms with Crippen molar-refractivity contribution >= 4 is 39.8 Å². The molecular formula is C18H25N5OS2. The van der Waals surface area contributed by atoms with Gasteiger partial charge in [0.1, 0.15) is 0 Å². The second-order valence-electron chi connectivity index (χ2n) is 6.39. The number of nitrogens with one attached hydrogen (secondary N) is 1. The van der Waals surface area contributed by atoms with Crippen LogP contribution in [0.5, 0.6) is 0 Å². The summed E-state index contributed by atoms with van der Waals surface area (Å²) in [6.45, 7) is 10.8. The van der Waals surface area contributed by atoms with Crippen LogP contribution in [0.1, 0.15) is 19.4 Å². The van der Waals surface area contributed by atoms with Crippen molar-refractivity contribution < 1.29 is 4.79 Å². The van der Waals surface area contributed by atoms with Gasteiger partial charge in [-0.25, -0.2) is 0 Å². The van der Waals surface area contributed by atoms with Gasteiger partial charge in [-0.15, -0.1) is 10.2 Å². The number of rotatable bonds is 6. The lowest BCUT2D eigenvalue weighted by atomic mass is 10.2. The molecule has 1 amide bonds. The van der Waals surface area contributed by atoms with E-state index in [1.807, 2.05) is 24.0 Å². The van der Waals surface area contributed by atoms with Crippen LogP contribution in [0, 0.1) is 6.92 Å². The number of amides is 1. The Balaban J connectivity index is 1.54. The summed E-state index contributed by atoms with van der Waals surface area (Å²) in [5, 5.41) is 12.3. The topological polar surface area (TPSA) is 61.4 Å². The highest BCUT2D eigenvalue weighted by molar-refractivity contribution is 8.02. The fraction of sp³-hybridized carbons (Fsp3) is 0.500. The number of carbonyl (C=O) groups excluding carboxylic acids is 1. The van der Waals surface area contributed by atoms with Crippen molar-refractivity contribution in [2.75, 3.05) is 38.0 Å². The first-order valence-electron chi connectivity index (χ1n) is 8.90. The third-order valence-electron chi connectivity index (χ3n) is 4.43. The predicted octanol–water partition coefficient (Wildman–Crippen LogP) is 3.23. The molecule has 0 radical (unpaired) electrons. The Kier molecular flexibility index (Phi) is 6.50. The first-order valence-corrected chi connectivity index (χ1v) is 10.6. The molecule has 1 aromatic carbocycles. The minimum Gasteiger partial charge on any atom is -0.339 e. The Morgan fingerprint density at radius 3 is 2.77 bits per heavy atom. The summed E-state index contributed by atoms with van der Waals surface area (Å²) in [5.74, 6) is 0.189. The van der Waals surface area contributed by atoms with Crippen LogP contribution in [0.25, 0.3) is 0 Å². The normalized spacial score (nSPS) is 16.5. The van der Waals surface area contributed by atoms with E-state index in [0.29, 0.717) is 0 Å². The first-order chi connectivity index (χ1) is 12.5. The van der Waals surface area contributed by atoms with Gasteiger partial charge in [0, 0.05) is 31.9 Å². The number of piperazine rings is 1. The Morgan fingerprint density at radius 2 is 2.08 bits per heavy atom. The lowest BCUT2D eigenvalue weighted by Crippen LogP contribution is -2.50. The second kappa shape index (κ2) is 8.83. The number of benzene rings is 1. The van der Waals surface area contributed by atoms with E-state index in [4.69, 9.17) is 0 Å². The Labute approximate surface area is 163 Å². The van der Waals surface area contributed by atoms with Crippen molar-refractivity contribution in [1.82, 2.24) is 20.0 Å². The molecular weight excluding hydrogens is 366 g/mol. The number of likely N-dealkylation sites (N-methyl/N-ethyl adjacent to an activating group) is 1. The van der Waals surface area contributed by atoms with Gasteiger partial charge in [0.25, 0.3) is 0 Å². The molecule has 1 aromatic heterocycles. The molecule has 0 spiro atoms. The monoisotopic (exact) mass is 391 g/mol. The number of anilines is 2. The lowest BCUT2D eigenvalue weighted by Gasteiger charge is -2.35. The van der Waals surface area contributed by atoms with E-state index in [0.717, 1.165) is 47.9 Å². The van der Waals surface area contributed by atoms with Crippen LogP contribution in [0.2, 0.25) is 0 Å². The van der Waals surface area contributed by atoms with Crippen molar-refractivity contribution in [1.29, 1.82) is 0 Å². The fourth-order valence-electron chi connectivity index (χ4n) is 2.90. The van der Waals surface area contributed by atoms with Gasteiger partial charge in [0.15, 0.2) is 4.34 Å². The summed E-state index contributed by atoms with van der Waals surface area (Å²) in [6, 6.07) is 8.13. The Morgan fingerprint density at radius 1 is 1.31 bits per heavy atom. The largest absolute Gasteiger partial charge is 0.339 e. The molecule has 1 aliphatic heterocycles. The van der Waals surface area contributed by atoms with Crippen LogP contribution in [0.15, 0.2) is 28.6 Å². The highest BCUT2D eigenvalue weighted by atomic mass is 32.2. The van der Waals surface area contributed by atoms with Crippen LogP contribution >= 0.6 is 23.1 Å². The number of nitrogens with zero attached hydrogens (tertiary/aromatic N) is 4. The zero-order valence-corrected chi connectivity index (χ0v) is 17.1. The van der Waals surface area contributed by atoms with E-state index >= 15 is 0 Å². The maximum Gasteiger partial charge on any atom is 0.235 e. The quantitative estimate of drug-likeness (QED) is 0.763. The van der Waals surface area contributed by atoms with Gasteiger partial charge in [-0.3, -0.25) is 4.79 Å². The Bertz CT molecular complexity index is 743. The van der Waals surface area contributed by atoms with E-state index in [9.17, 15) is 4.79 Å². The summed E-state index contributed by atoms with van der Waals surface area (Å²) in [7, 11) is 0.